The highest BCUT2D eigenvalue weighted by atomic mass is 16.5. The van der Waals surface area contributed by atoms with Crippen LogP contribution in [0.2, 0.25) is 0 Å². The summed E-state index contributed by atoms with van der Waals surface area (Å²) in [6.45, 7) is 11.2. The first-order valence-corrected chi connectivity index (χ1v) is 7.81. The van der Waals surface area contributed by atoms with E-state index in [0.717, 1.165) is 51.4 Å². The Hall–Kier alpha value is -0.840. The smallest absolute Gasteiger partial charge is 0.122 e. The Balaban J connectivity index is 1.81. The van der Waals surface area contributed by atoms with E-state index in [9.17, 15) is 0 Å². The van der Waals surface area contributed by atoms with Crippen LogP contribution in [0.3, 0.4) is 0 Å². The highest BCUT2D eigenvalue weighted by Crippen LogP contribution is 2.19. The summed E-state index contributed by atoms with van der Waals surface area (Å²) in [5.74, 6) is 1.10. The number of piperidine rings is 1. The maximum atomic E-state index is 5.69. The van der Waals surface area contributed by atoms with Crippen molar-refractivity contribution in [3.8, 4) is 0 Å². The summed E-state index contributed by atoms with van der Waals surface area (Å²) in [5.41, 5.74) is 1.28. The average molecular weight is 280 g/mol. The van der Waals surface area contributed by atoms with Crippen molar-refractivity contribution < 1.29 is 9.15 Å². The minimum Gasteiger partial charge on any atom is -0.468 e. The second kappa shape index (κ2) is 7.81. The van der Waals surface area contributed by atoms with Crippen LogP contribution in [0.4, 0.5) is 0 Å². The summed E-state index contributed by atoms with van der Waals surface area (Å²) in [5, 5.41) is 3.45. The lowest BCUT2D eigenvalue weighted by molar-refractivity contribution is 0.0111. The van der Waals surface area contributed by atoms with Crippen LogP contribution in [0.5, 0.6) is 0 Å². The zero-order valence-electron chi connectivity index (χ0n) is 13.0. The first-order valence-electron chi connectivity index (χ1n) is 7.81. The molecule has 0 radical (unpaired) electrons. The topological polar surface area (TPSA) is 37.6 Å². The number of hydrogen-bond acceptors (Lipinski definition) is 4. The molecule has 1 N–H and O–H groups in total. The second-order valence-corrected chi connectivity index (χ2v) is 5.84. The SMILES string of the molecule is CCOC1CCN(Cc2occc2CNC(C)C)CC1. The number of nitrogens with one attached hydrogen (secondary N) is 1. The molecular weight excluding hydrogens is 252 g/mol. The summed E-state index contributed by atoms with van der Waals surface area (Å²) in [4.78, 5) is 2.47. The third-order valence-electron chi connectivity index (χ3n) is 3.84. The molecule has 4 heteroatoms. The molecule has 2 heterocycles. The Bertz CT molecular complexity index is 382. The first-order chi connectivity index (χ1) is 9.69. The van der Waals surface area contributed by atoms with Gasteiger partial charge < -0.3 is 14.5 Å². The number of likely N-dealkylation sites (tertiary alicyclic amines) is 1. The summed E-state index contributed by atoms with van der Waals surface area (Å²) in [7, 11) is 0. The predicted octanol–water partition coefficient (Wildman–Crippen LogP) is 2.78. The van der Waals surface area contributed by atoms with Gasteiger partial charge in [0.05, 0.1) is 18.9 Å². The number of hydrogen-bond donors (Lipinski definition) is 1. The monoisotopic (exact) mass is 280 g/mol. The van der Waals surface area contributed by atoms with Crippen molar-refractivity contribution in [3.05, 3.63) is 23.7 Å². The number of rotatable bonds is 7. The highest BCUT2D eigenvalue weighted by Gasteiger charge is 2.20. The molecule has 0 amide bonds. The van der Waals surface area contributed by atoms with Gasteiger partial charge in [-0.3, -0.25) is 4.90 Å². The fraction of sp³-hybridized carbons (Fsp3) is 0.750. The number of nitrogens with zero attached hydrogens (tertiary/aromatic N) is 1. The molecule has 1 aliphatic rings. The van der Waals surface area contributed by atoms with Crippen molar-refractivity contribution in [1.82, 2.24) is 10.2 Å². The van der Waals surface area contributed by atoms with Crippen molar-refractivity contribution in [2.24, 2.45) is 0 Å². The molecule has 20 heavy (non-hydrogen) atoms. The van der Waals surface area contributed by atoms with E-state index in [2.05, 4.69) is 37.1 Å². The Morgan fingerprint density at radius 3 is 2.80 bits per heavy atom. The standard InChI is InChI=1S/C16H28N2O2/c1-4-19-15-5-8-18(9-6-15)12-16-14(7-10-20-16)11-17-13(2)3/h7,10,13,15,17H,4-6,8-9,11-12H2,1-3H3. The summed E-state index contributed by atoms with van der Waals surface area (Å²) < 4.78 is 11.4. The minimum absolute atomic E-state index is 0.454. The lowest BCUT2D eigenvalue weighted by Gasteiger charge is -2.31. The van der Waals surface area contributed by atoms with Crippen LogP contribution in [-0.2, 0) is 17.8 Å². The minimum atomic E-state index is 0.454. The molecule has 4 nitrogen and oxygen atoms in total. The zero-order chi connectivity index (χ0) is 14.4. The van der Waals surface area contributed by atoms with Gasteiger partial charge in [-0.2, -0.15) is 0 Å². The second-order valence-electron chi connectivity index (χ2n) is 5.84. The van der Waals surface area contributed by atoms with Crippen LogP contribution in [0, 0.1) is 0 Å². The summed E-state index contributed by atoms with van der Waals surface area (Å²) >= 11 is 0. The van der Waals surface area contributed by atoms with E-state index in [4.69, 9.17) is 9.15 Å². The molecule has 1 fully saturated rings. The lowest BCUT2D eigenvalue weighted by Crippen LogP contribution is -2.36. The van der Waals surface area contributed by atoms with Gasteiger partial charge in [-0.05, 0) is 25.8 Å². The third-order valence-corrected chi connectivity index (χ3v) is 3.84. The van der Waals surface area contributed by atoms with Crippen molar-refractivity contribution in [1.29, 1.82) is 0 Å². The maximum absolute atomic E-state index is 5.69. The average Bonchev–Trinajstić information content (AvgIpc) is 2.86. The molecule has 0 spiro atoms. The van der Waals surface area contributed by atoms with Crippen LogP contribution >= 0.6 is 0 Å². The van der Waals surface area contributed by atoms with E-state index in [1.807, 2.05) is 0 Å². The maximum Gasteiger partial charge on any atom is 0.122 e. The van der Waals surface area contributed by atoms with E-state index in [0.29, 0.717) is 12.1 Å². The predicted molar refractivity (Wildman–Crippen MR) is 80.6 cm³/mol. The molecule has 0 aliphatic carbocycles. The molecule has 0 unspecified atom stereocenters. The van der Waals surface area contributed by atoms with Gasteiger partial charge in [0, 0.05) is 37.8 Å². The number of ether oxygens (including phenoxy) is 1. The van der Waals surface area contributed by atoms with Gasteiger partial charge in [0.1, 0.15) is 5.76 Å². The molecule has 1 aromatic heterocycles. The largest absolute Gasteiger partial charge is 0.468 e. The third kappa shape index (κ3) is 4.62. The molecule has 0 aromatic carbocycles. The zero-order valence-corrected chi connectivity index (χ0v) is 13.0. The number of furan rings is 1. The van der Waals surface area contributed by atoms with Gasteiger partial charge in [-0.1, -0.05) is 13.8 Å². The van der Waals surface area contributed by atoms with Crippen molar-refractivity contribution in [2.75, 3.05) is 19.7 Å². The van der Waals surface area contributed by atoms with Crippen molar-refractivity contribution in [2.45, 2.75) is 58.8 Å². The van der Waals surface area contributed by atoms with Crippen LogP contribution < -0.4 is 5.32 Å². The van der Waals surface area contributed by atoms with Gasteiger partial charge in [-0.25, -0.2) is 0 Å². The molecule has 1 saturated heterocycles. The highest BCUT2D eigenvalue weighted by molar-refractivity contribution is 5.17. The van der Waals surface area contributed by atoms with E-state index in [1.165, 1.54) is 5.56 Å². The Morgan fingerprint density at radius 1 is 1.40 bits per heavy atom. The van der Waals surface area contributed by atoms with E-state index >= 15 is 0 Å². The van der Waals surface area contributed by atoms with Gasteiger partial charge in [0.2, 0.25) is 0 Å². The van der Waals surface area contributed by atoms with Gasteiger partial charge in [0.25, 0.3) is 0 Å². The van der Waals surface area contributed by atoms with Crippen LogP contribution in [0.15, 0.2) is 16.7 Å². The lowest BCUT2D eigenvalue weighted by atomic mass is 10.1. The van der Waals surface area contributed by atoms with E-state index in [1.54, 1.807) is 6.26 Å². The molecule has 1 aromatic rings. The van der Waals surface area contributed by atoms with Gasteiger partial charge in [-0.15, -0.1) is 0 Å². The van der Waals surface area contributed by atoms with E-state index in [-0.39, 0.29) is 0 Å². The summed E-state index contributed by atoms with van der Waals surface area (Å²) in [6.07, 6.45) is 4.52. The summed E-state index contributed by atoms with van der Waals surface area (Å²) in [6, 6.07) is 2.58. The van der Waals surface area contributed by atoms with Crippen LogP contribution in [0.1, 0.15) is 44.9 Å². The van der Waals surface area contributed by atoms with Crippen molar-refractivity contribution >= 4 is 0 Å². The molecule has 0 atom stereocenters. The Morgan fingerprint density at radius 2 is 2.15 bits per heavy atom. The molecular formula is C16H28N2O2. The Kier molecular flexibility index (Phi) is 6.07. The fourth-order valence-electron chi connectivity index (χ4n) is 2.65. The van der Waals surface area contributed by atoms with E-state index < -0.39 is 0 Å². The quantitative estimate of drug-likeness (QED) is 0.833. The van der Waals surface area contributed by atoms with Crippen molar-refractivity contribution in [3.63, 3.8) is 0 Å². The van der Waals surface area contributed by atoms with Gasteiger partial charge >= 0.3 is 0 Å². The van der Waals surface area contributed by atoms with Crippen LogP contribution in [-0.4, -0.2) is 36.7 Å². The molecule has 114 valence electrons. The Labute approximate surface area is 122 Å². The van der Waals surface area contributed by atoms with Crippen LogP contribution in [0.25, 0.3) is 0 Å². The normalized spacial score (nSPS) is 18.0. The molecule has 0 bridgehead atoms. The first kappa shape index (κ1) is 15.5. The molecule has 2 rings (SSSR count). The fourth-order valence-corrected chi connectivity index (χ4v) is 2.65. The molecule has 0 saturated carbocycles. The molecule has 1 aliphatic heterocycles. The van der Waals surface area contributed by atoms with Gasteiger partial charge in [0.15, 0.2) is 0 Å².